The summed E-state index contributed by atoms with van der Waals surface area (Å²) < 4.78 is 47.9. The average Bonchev–Trinajstić information content (AvgIpc) is 3.63. The van der Waals surface area contributed by atoms with Crippen LogP contribution < -0.4 is 15.4 Å². The Morgan fingerprint density at radius 1 is 1.10 bits per heavy atom. The van der Waals surface area contributed by atoms with Gasteiger partial charge in [0.2, 0.25) is 0 Å². The lowest BCUT2D eigenvalue weighted by Gasteiger charge is -2.25. The molecule has 2 aromatic carbocycles. The van der Waals surface area contributed by atoms with Crippen LogP contribution in [0.3, 0.4) is 0 Å². The number of anilines is 2. The standard InChI is InChI=1S/C28H29F2N7O4S/c1-36(2)10-11-41-19-5-6-21(25(15-19)32-28(39)24-4-3-8-31-24)27(38)33-26-22-16-37(9-7-23(22)34-35-26)42(40)20-13-17(29)12-18(30)14-20/h3-6,8,12-15,31H,7,9-11,16H2,1-2H3,(H,32,39)(H2,33,34,35,38). The van der Waals surface area contributed by atoms with Crippen LogP contribution in [0.2, 0.25) is 0 Å². The summed E-state index contributed by atoms with van der Waals surface area (Å²) in [5.74, 6) is -1.93. The summed E-state index contributed by atoms with van der Waals surface area (Å²) in [6.45, 7) is 1.54. The zero-order chi connectivity index (χ0) is 29.8. The van der Waals surface area contributed by atoms with Gasteiger partial charge in [0.05, 0.1) is 16.1 Å². The highest BCUT2D eigenvalue weighted by Gasteiger charge is 2.28. The maximum atomic E-state index is 13.7. The SMILES string of the molecule is CN(C)CCOc1ccc(C(=O)Nc2n[nH]c3c2CN(S(=O)c2cc(F)cc(F)c2)CC3)c(NC(=O)c2ccc[nH]2)c1. The van der Waals surface area contributed by atoms with Crippen LogP contribution in [0.15, 0.2) is 59.6 Å². The number of H-pyrrole nitrogens is 2. The summed E-state index contributed by atoms with van der Waals surface area (Å²) in [6.07, 6.45) is 2.04. The number of carbonyl (C=O) groups excluding carboxylic acids is 2. The van der Waals surface area contributed by atoms with E-state index in [1.807, 2.05) is 19.0 Å². The number of likely N-dealkylation sites (N-methyl/N-ethyl adjacent to an activating group) is 1. The van der Waals surface area contributed by atoms with E-state index in [1.165, 1.54) is 0 Å². The minimum Gasteiger partial charge on any atom is -0.492 e. The quantitative estimate of drug-likeness (QED) is 0.221. The lowest BCUT2D eigenvalue weighted by atomic mass is 10.1. The Morgan fingerprint density at radius 3 is 2.60 bits per heavy atom. The minimum absolute atomic E-state index is 0.000344. The fourth-order valence-electron chi connectivity index (χ4n) is 4.39. The molecule has 4 N–H and O–H groups in total. The molecule has 14 heteroatoms. The molecule has 220 valence electrons. The third kappa shape index (κ3) is 6.73. The zero-order valence-corrected chi connectivity index (χ0v) is 23.7. The number of fused-ring (bicyclic) bond motifs is 1. The number of aromatic nitrogens is 3. The second kappa shape index (κ2) is 12.6. The highest BCUT2D eigenvalue weighted by atomic mass is 32.2. The van der Waals surface area contributed by atoms with Crippen LogP contribution in [0.4, 0.5) is 20.3 Å². The smallest absolute Gasteiger partial charge is 0.272 e. The molecule has 0 radical (unpaired) electrons. The molecule has 42 heavy (non-hydrogen) atoms. The van der Waals surface area contributed by atoms with E-state index in [0.717, 1.165) is 23.9 Å². The third-order valence-corrected chi connectivity index (χ3v) is 7.96. The van der Waals surface area contributed by atoms with Gasteiger partial charge in [-0.25, -0.2) is 17.3 Å². The topological polar surface area (TPSA) is 135 Å². The van der Waals surface area contributed by atoms with E-state index >= 15 is 0 Å². The van der Waals surface area contributed by atoms with E-state index < -0.39 is 34.4 Å². The molecule has 1 unspecified atom stereocenters. The zero-order valence-electron chi connectivity index (χ0n) is 22.9. The van der Waals surface area contributed by atoms with E-state index in [4.69, 9.17) is 4.74 Å². The van der Waals surface area contributed by atoms with Crippen LogP contribution in [-0.4, -0.2) is 74.2 Å². The Morgan fingerprint density at radius 2 is 1.88 bits per heavy atom. The molecule has 0 spiro atoms. The number of benzene rings is 2. The molecule has 0 saturated carbocycles. The van der Waals surface area contributed by atoms with Gasteiger partial charge in [-0.2, -0.15) is 5.10 Å². The molecule has 2 aromatic heterocycles. The molecule has 1 atom stereocenters. The van der Waals surface area contributed by atoms with Gasteiger partial charge in [-0.1, -0.05) is 0 Å². The monoisotopic (exact) mass is 597 g/mol. The summed E-state index contributed by atoms with van der Waals surface area (Å²) in [7, 11) is 2.00. The van der Waals surface area contributed by atoms with Crippen molar-refractivity contribution in [1.82, 2.24) is 24.4 Å². The molecule has 0 saturated heterocycles. The molecule has 1 aliphatic heterocycles. The number of rotatable bonds is 10. The van der Waals surface area contributed by atoms with Gasteiger partial charge in [0.1, 0.15) is 40.7 Å². The lowest BCUT2D eigenvalue weighted by molar-refractivity contribution is 0.102. The maximum Gasteiger partial charge on any atom is 0.272 e. The molecular weight excluding hydrogens is 568 g/mol. The van der Waals surface area contributed by atoms with Crippen molar-refractivity contribution in [3.8, 4) is 5.75 Å². The molecule has 1 aliphatic rings. The molecular formula is C28H29F2N7O4S. The van der Waals surface area contributed by atoms with Crippen molar-refractivity contribution >= 4 is 34.3 Å². The second-order valence-electron chi connectivity index (χ2n) is 9.85. The molecule has 2 amide bonds. The van der Waals surface area contributed by atoms with Crippen molar-refractivity contribution in [2.75, 3.05) is 44.4 Å². The molecule has 4 aromatic rings. The summed E-state index contributed by atoms with van der Waals surface area (Å²) in [5, 5.41) is 12.7. The Bertz CT molecular complexity index is 1600. The number of halogens is 2. The Balaban J connectivity index is 1.36. The molecule has 5 rings (SSSR count). The van der Waals surface area contributed by atoms with E-state index in [-0.39, 0.29) is 28.5 Å². The van der Waals surface area contributed by atoms with E-state index in [0.29, 0.717) is 43.1 Å². The van der Waals surface area contributed by atoms with Crippen LogP contribution in [0.25, 0.3) is 0 Å². The van der Waals surface area contributed by atoms with Crippen molar-refractivity contribution < 1.29 is 27.3 Å². The highest BCUT2D eigenvalue weighted by Crippen LogP contribution is 2.29. The average molecular weight is 598 g/mol. The van der Waals surface area contributed by atoms with Gasteiger partial charge in [-0.15, -0.1) is 0 Å². The van der Waals surface area contributed by atoms with Crippen molar-refractivity contribution in [1.29, 1.82) is 0 Å². The van der Waals surface area contributed by atoms with Gasteiger partial charge in [0.15, 0.2) is 5.82 Å². The Hall–Kier alpha value is -4.40. The molecule has 11 nitrogen and oxygen atoms in total. The number of carbonyl (C=O) groups is 2. The highest BCUT2D eigenvalue weighted by molar-refractivity contribution is 7.82. The van der Waals surface area contributed by atoms with Crippen molar-refractivity contribution in [3.05, 3.63) is 88.9 Å². The fraction of sp³-hybridized carbons (Fsp3) is 0.250. The van der Waals surface area contributed by atoms with Gasteiger partial charge < -0.3 is 25.3 Å². The first-order chi connectivity index (χ1) is 20.2. The van der Waals surface area contributed by atoms with Crippen LogP contribution in [0.1, 0.15) is 32.1 Å². The van der Waals surface area contributed by atoms with Gasteiger partial charge in [-0.05, 0) is 50.5 Å². The number of aromatic amines is 2. The largest absolute Gasteiger partial charge is 0.492 e. The number of amides is 2. The lowest BCUT2D eigenvalue weighted by Crippen LogP contribution is -2.32. The molecule has 0 bridgehead atoms. The number of nitrogens with zero attached hydrogens (tertiary/aromatic N) is 3. The summed E-state index contributed by atoms with van der Waals surface area (Å²) in [4.78, 5) is 31.1. The van der Waals surface area contributed by atoms with Crippen molar-refractivity contribution in [2.45, 2.75) is 17.9 Å². The number of hydrogen-bond donors (Lipinski definition) is 4. The molecule has 0 fully saturated rings. The Labute approximate surface area is 242 Å². The van der Waals surface area contributed by atoms with Gasteiger partial charge in [0.25, 0.3) is 11.8 Å². The normalized spacial score (nSPS) is 13.9. The summed E-state index contributed by atoms with van der Waals surface area (Å²) in [5.41, 5.74) is 2.05. The van der Waals surface area contributed by atoms with Crippen molar-refractivity contribution in [3.63, 3.8) is 0 Å². The van der Waals surface area contributed by atoms with Gasteiger partial charge in [0, 0.05) is 55.6 Å². The minimum atomic E-state index is -1.84. The van der Waals surface area contributed by atoms with Crippen molar-refractivity contribution in [2.24, 2.45) is 0 Å². The van der Waals surface area contributed by atoms with E-state index in [2.05, 4.69) is 25.8 Å². The van der Waals surface area contributed by atoms with E-state index in [9.17, 15) is 22.6 Å². The molecule has 3 heterocycles. The fourth-order valence-corrected chi connectivity index (χ4v) is 5.62. The maximum absolute atomic E-state index is 13.7. The van der Waals surface area contributed by atoms with Crippen LogP contribution in [0, 0.1) is 11.6 Å². The van der Waals surface area contributed by atoms with Crippen LogP contribution >= 0.6 is 0 Å². The van der Waals surface area contributed by atoms with Crippen LogP contribution in [0.5, 0.6) is 5.75 Å². The number of hydrogen-bond acceptors (Lipinski definition) is 6. The van der Waals surface area contributed by atoms with Gasteiger partial charge >= 0.3 is 0 Å². The first-order valence-electron chi connectivity index (χ1n) is 13.0. The van der Waals surface area contributed by atoms with Crippen LogP contribution in [-0.2, 0) is 24.0 Å². The van der Waals surface area contributed by atoms with Gasteiger partial charge in [-0.3, -0.25) is 14.7 Å². The summed E-state index contributed by atoms with van der Waals surface area (Å²) >= 11 is 0. The first kappa shape index (κ1) is 29.1. The van der Waals surface area contributed by atoms with E-state index in [1.54, 1.807) is 40.8 Å². The predicted octanol–water partition coefficient (Wildman–Crippen LogP) is 3.54. The molecule has 0 aliphatic carbocycles. The Kier molecular flexibility index (Phi) is 8.75. The summed E-state index contributed by atoms with van der Waals surface area (Å²) in [6, 6.07) is 10.8. The predicted molar refractivity (Wildman–Crippen MR) is 153 cm³/mol. The third-order valence-electron chi connectivity index (χ3n) is 6.54. The first-order valence-corrected chi connectivity index (χ1v) is 14.2. The second-order valence-corrected chi connectivity index (χ2v) is 11.3. The number of ether oxygens (including phenoxy) is 1. The number of nitrogens with one attached hydrogen (secondary N) is 4.